The Hall–Kier alpha value is -1.63. The molecule has 0 bridgehead atoms. The molecule has 0 saturated carbocycles. The molecule has 0 radical (unpaired) electrons. The maximum atomic E-state index is 11.7. The number of anilines is 1. The average Bonchev–Trinajstić information content (AvgIpc) is 2.23. The highest BCUT2D eigenvalue weighted by Gasteiger charge is 2.30. The van der Waals surface area contributed by atoms with Crippen molar-refractivity contribution in [3.63, 3.8) is 0 Å². The summed E-state index contributed by atoms with van der Waals surface area (Å²) >= 11 is 0. The number of sulfone groups is 1. The van der Waals surface area contributed by atoms with Crippen molar-refractivity contribution >= 4 is 21.6 Å². The summed E-state index contributed by atoms with van der Waals surface area (Å²) in [6.45, 7) is 6.69. The molecule has 0 amide bonds. The molecular formula is C13H20N2O4S. The molecular weight excluding hydrogens is 280 g/mol. The van der Waals surface area contributed by atoms with Crippen LogP contribution in [0.25, 0.3) is 0 Å². The Kier molecular flexibility index (Phi) is 4.43. The lowest BCUT2D eigenvalue weighted by atomic mass is 10.1. The van der Waals surface area contributed by atoms with Gasteiger partial charge in [-0.05, 0) is 39.3 Å². The Bertz CT molecular complexity index is 636. The molecule has 1 rings (SSSR count). The Balaban J connectivity index is 3.14. The quantitative estimate of drug-likeness (QED) is 0.858. The smallest absolute Gasteiger partial charge is 0.339 e. The van der Waals surface area contributed by atoms with Gasteiger partial charge in [0.1, 0.15) is 11.4 Å². The van der Waals surface area contributed by atoms with E-state index in [1.165, 1.54) is 0 Å². The van der Waals surface area contributed by atoms with Crippen molar-refractivity contribution in [3.8, 4) is 0 Å². The summed E-state index contributed by atoms with van der Waals surface area (Å²) in [5.74, 6) is -0.888. The molecule has 0 fully saturated rings. The molecule has 0 atom stereocenters. The van der Waals surface area contributed by atoms with Crippen LogP contribution in [-0.2, 0) is 9.84 Å². The van der Waals surface area contributed by atoms with Crippen LogP contribution in [0.3, 0.4) is 0 Å². The third kappa shape index (κ3) is 3.47. The van der Waals surface area contributed by atoms with Gasteiger partial charge in [-0.3, -0.25) is 0 Å². The van der Waals surface area contributed by atoms with Gasteiger partial charge in [0.05, 0.1) is 4.75 Å². The zero-order valence-corrected chi connectivity index (χ0v) is 13.1. The summed E-state index contributed by atoms with van der Waals surface area (Å²) < 4.78 is 22.3. The van der Waals surface area contributed by atoms with Crippen LogP contribution in [0.4, 0.5) is 5.82 Å². The van der Waals surface area contributed by atoms with Crippen LogP contribution >= 0.6 is 0 Å². The van der Waals surface area contributed by atoms with E-state index in [0.29, 0.717) is 11.3 Å². The first-order valence-corrected chi connectivity index (χ1v) is 8.00. The second kappa shape index (κ2) is 5.40. The van der Waals surface area contributed by atoms with Crippen molar-refractivity contribution in [2.45, 2.75) is 32.4 Å². The summed E-state index contributed by atoms with van der Waals surface area (Å²) in [5.41, 5.74) is 1.33. The van der Waals surface area contributed by atoms with Crippen LogP contribution in [0.2, 0.25) is 0 Å². The molecule has 0 aliphatic rings. The number of nitrogens with one attached hydrogen (secondary N) is 1. The van der Waals surface area contributed by atoms with Gasteiger partial charge < -0.3 is 10.4 Å². The lowest BCUT2D eigenvalue weighted by Crippen LogP contribution is -2.38. The fourth-order valence-corrected chi connectivity index (χ4v) is 2.00. The molecule has 6 nitrogen and oxygen atoms in total. The molecule has 20 heavy (non-hydrogen) atoms. The van der Waals surface area contributed by atoms with E-state index in [-0.39, 0.29) is 17.9 Å². The van der Waals surface area contributed by atoms with E-state index < -0.39 is 20.6 Å². The zero-order valence-electron chi connectivity index (χ0n) is 12.3. The number of aromatic nitrogens is 1. The molecule has 112 valence electrons. The second-order valence-corrected chi connectivity index (χ2v) is 8.14. The Morgan fingerprint density at radius 2 is 1.95 bits per heavy atom. The number of aryl methyl sites for hydroxylation is 2. The van der Waals surface area contributed by atoms with E-state index in [2.05, 4.69) is 10.3 Å². The Morgan fingerprint density at radius 1 is 1.40 bits per heavy atom. The number of hydrogen-bond donors (Lipinski definition) is 2. The van der Waals surface area contributed by atoms with Crippen molar-refractivity contribution in [2.24, 2.45) is 0 Å². The Morgan fingerprint density at radius 3 is 2.40 bits per heavy atom. The minimum atomic E-state index is -3.26. The molecule has 1 heterocycles. The highest BCUT2D eigenvalue weighted by Crippen LogP contribution is 2.21. The third-order valence-electron chi connectivity index (χ3n) is 3.24. The number of hydrogen-bond acceptors (Lipinski definition) is 5. The van der Waals surface area contributed by atoms with Gasteiger partial charge in [-0.2, -0.15) is 0 Å². The highest BCUT2D eigenvalue weighted by molar-refractivity contribution is 7.92. The largest absolute Gasteiger partial charge is 0.478 e. The number of rotatable bonds is 5. The number of carboxylic acid groups (broad SMARTS) is 1. The first-order valence-electron chi connectivity index (χ1n) is 6.11. The number of pyridine rings is 1. The number of carboxylic acids is 1. The van der Waals surface area contributed by atoms with Crippen LogP contribution in [-0.4, -0.2) is 42.0 Å². The number of aromatic carboxylic acids is 1. The minimum Gasteiger partial charge on any atom is -0.478 e. The molecule has 0 aliphatic heterocycles. The summed E-state index contributed by atoms with van der Waals surface area (Å²) in [6.07, 6.45) is 1.15. The number of carbonyl (C=O) groups is 1. The standard InChI is InChI=1S/C13H20N2O4S/c1-8-6-9(2)15-11(10(8)12(16)17)14-7-13(3,4)20(5,18)19/h6H,7H2,1-5H3,(H,14,15)(H,16,17). The highest BCUT2D eigenvalue weighted by atomic mass is 32.2. The molecule has 0 unspecified atom stereocenters. The van der Waals surface area contributed by atoms with Crippen molar-refractivity contribution in [3.05, 3.63) is 22.9 Å². The Labute approximate surface area is 119 Å². The van der Waals surface area contributed by atoms with Crippen LogP contribution in [0.1, 0.15) is 35.5 Å². The van der Waals surface area contributed by atoms with Gasteiger partial charge in [0.15, 0.2) is 9.84 Å². The molecule has 0 spiro atoms. The predicted octanol–water partition coefficient (Wildman–Crippen LogP) is 1.63. The van der Waals surface area contributed by atoms with Crippen LogP contribution < -0.4 is 5.32 Å². The van der Waals surface area contributed by atoms with Gasteiger partial charge in [-0.1, -0.05) is 0 Å². The zero-order chi connectivity index (χ0) is 15.7. The topological polar surface area (TPSA) is 96.4 Å². The van der Waals surface area contributed by atoms with Crippen molar-refractivity contribution in [2.75, 3.05) is 18.1 Å². The maximum Gasteiger partial charge on any atom is 0.339 e. The first kappa shape index (κ1) is 16.4. The van der Waals surface area contributed by atoms with Gasteiger partial charge in [-0.15, -0.1) is 0 Å². The van der Waals surface area contributed by atoms with E-state index in [4.69, 9.17) is 0 Å². The molecule has 0 saturated heterocycles. The van der Waals surface area contributed by atoms with Gasteiger partial charge in [0.2, 0.25) is 0 Å². The molecule has 0 aliphatic carbocycles. The third-order valence-corrected chi connectivity index (χ3v) is 5.40. The summed E-state index contributed by atoms with van der Waals surface area (Å²) in [6, 6.07) is 1.68. The normalized spacial score (nSPS) is 12.2. The van der Waals surface area contributed by atoms with Gasteiger partial charge >= 0.3 is 5.97 Å². The minimum absolute atomic E-state index is 0.0694. The lowest BCUT2D eigenvalue weighted by molar-refractivity contribution is 0.0696. The van der Waals surface area contributed by atoms with E-state index in [1.54, 1.807) is 33.8 Å². The summed E-state index contributed by atoms with van der Waals surface area (Å²) in [5, 5.41) is 12.1. The summed E-state index contributed by atoms with van der Waals surface area (Å²) in [4.78, 5) is 15.4. The van der Waals surface area contributed by atoms with E-state index in [9.17, 15) is 18.3 Å². The second-order valence-electron chi connectivity index (χ2n) is 5.49. The summed E-state index contributed by atoms with van der Waals surface area (Å²) in [7, 11) is -3.26. The number of nitrogens with zero attached hydrogens (tertiary/aromatic N) is 1. The molecule has 1 aromatic heterocycles. The first-order chi connectivity index (χ1) is 8.95. The van der Waals surface area contributed by atoms with Gasteiger partial charge in [0, 0.05) is 18.5 Å². The molecule has 1 aromatic rings. The van der Waals surface area contributed by atoms with Crippen molar-refractivity contribution < 1.29 is 18.3 Å². The lowest BCUT2D eigenvalue weighted by Gasteiger charge is -2.24. The fourth-order valence-electron chi connectivity index (χ4n) is 1.66. The molecule has 2 N–H and O–H groups in total. The van der Waals surface area contributed by atoms with Gasteiger partial charge in [-0.25, -0.2) is 18.2 Å². The van der Waals surface area contributed by atoms with E-state index in [0.717, 1.165) is 6.26 Å². The van der Waals surface area contributed by atoms with Crippen molar-refractivity contribution in [1.29, 1.82) is 0 Å². The van der Waals surface area contributed by atoms with E-state index in [1.807, 2.05) is 0 Å². The maximum absolute atomic E-state index is 11.7. The van der Waals surface area contributed by atoms with Crippen LogP contribution in [0, 0.1) is 13.8 Å². The monoisotopic (exact) mass is 300 g/mol. The van der Waals surface area contributed by atoms with Crippen LogP contribution in [0.5, 0.6) is 0 Å². The SMILES string of the molecule is Cc1cc(C)c(C(=O)O)c(NCC(C)(C)S(C)(=O)=O)n1. The molecule has 7 heteroatoms. The van der Waals surface area contributed by atoms with E-state index >= 15 is 0 Å². The van der Waals surface area contributed by atoms with Gasteiger partial charge in [0.25, 0.3) is 0 Å². The fraction of sp³-hybridized carbons (Fsp3) is 0.538. The average molecular weight is 300 g/mol. The molecule has 0 aromatic carbocycles. The van der Waals surface area contributed by atoms with Crippen molar-refractivity contribution in [1.82, 2.24) is 4.98 Å². The predicted molar refractivity (Wildman–Crippen MR) is 78.1 cm³/mol. The van der Waals surface area contributed by atoms with Crippen LogP contribution in [0.15, 0.2) is 6.07 Å².